The second-order valence-electron chi connectivity index (χ2n) is 4.04. The lowest BCUT2D eigenvalue weighted by Gasteiger charge is -2.14. The third-order valence-electron chi connectivity index (χ3n) is 2.66. The summed E-state index contributed by atoms with van der Waals surface area (Å²) in [7, 11) is 4.94. The standard InChI is InChI=1S/C12H14BrN3O3/c1-15(7-8-5-4-6-19-8)11(17)10-9(13)12(18-3)16(2)14-10/h4-6H,7H2,1-3H3. The first-order chi connectivity index (χ1) is 9.04. The summed E-state index contributed by atoms with van der Waals surface area (Å²) in [6, 6.07) is 3.60. The summed E-state index contributed by atoms with van der Waals surface area (Å²) in [5, 5.41) is 4.15. The summed E-state index contributed by atoms with van der Waals surface area (Å²) in [6.45, 7) is 0.386. The van der Waals surface area contributed by atoms with E-state index in [0.717, 1.165) is 5.76 Å². The fourth-order valence-corrected chi connectivity index (χ4v) is 2.40. The molecule has 0 aliphatic heterocycles. The molecule has 0 aliphatic rings. The summed E-state index contributed by atoms with van der Waals surface area (Å²) in [4.78, 5) is 13.8. The van der Waals surface area contributed by atoms with Gasteiger partial charge in [-0.05, 0) is 28.1 Å². The van der Waals surface area contributed by atoms with Crippen molar-refractivity contribution in [1.82, 2.24) is 14.7 Å². The minimum Gasteiger partial charge on any atom is -0.480 e. The Morgan fingerprint density at radius 1 is 1.63 bits per heavy atom. The zero-order valence-corrected chi connectivity index (χ0v) is 12.5. The Morgan fingerprint density at radius 2 is 2.37 bits per heavy atom. The molecule has 102 valence electrons. The fraction of sp³-hybridized carbons (Fsp3) is 0.333. The number of hydrogen-bond acceptors (Lipinski definition) is 4. The molecule has 0 bridgehead atoms. The van der Waals surface area contributed by atoms with Gasteiger partial charge in [0.15, 0.2) is 5.69 Å². The van der Waals surface area contributed by atoms with E-state index in [4.69, 9.17) is 9.15 Å². The second kappa shape index (κ2) is 5.48. The Kier molecular flexibility index (Phi) is 3.94. The second-order valence-corrected chi connectivity index (χ2v) is 4.83. The smallest absolute Gasteiger partial charge is 0.275 e. The number of hydrogen-bond donors (Lipinski definition) is 0. The van der Waals surface area contributed by atoms with Crippen LogP contribution in [-0.4, -0.2) is 34.7 Å². The van der Waals surface area contributed by atoms with E-state index in [-0.39, 0.29) is 5.91 Å². The number of halogens is 1. The molecule has 0 saturated heterocycles. The van der Waals surface area contributed by atoms with Crippen LogP contribution in [0.25, 0.3) is 0 Å². The van der Waals surface area contributed by atoms with Crippen LogP contribution in [0.4, 0.5) is 0 Å². The van der Waals surface area contributed by atoms with E-state index in [0.29, 0.717) is 22.6 Å². The lowest BCUT2D eigenvalue weighted by Crippen LogP contribution is -2.26. The lowest BCUT2D eigenvalue weighted by atomic mass is 10.3. The number of carbonyl (C=O) groups is 1. The molecule has 2 aromatic rings. The van der Waals surface area contributed by atoms with Crippen molar-refractivity contribution in [3.63, 3.8) is 0 Å². The zero-order valence-electron chi connectivity index (χ0n) is 10.9. The molecule has 19 heavy (non-hydrogen) atoms. The maximum Gasteiger partial charge on any atom is 0.275 e. The van der Waals surface area contributed by atoms with E-state index in [1.54, 1.807) is 26.4 Å². The Bertz CT molecular complexity index is 577. The van der Waals surface area contributed by atoms with Crippen LogP contribution in [0.5, 0.6) is 5.88 Å². The SMILES string of the molecule is COc1c(Br)c(C(=O)N(C)Cc2ccco2)nn1C. The molecule has 2 heterocycles. The van der Waals surface area contributed by atoms with Gasteiger partial charge in [-0.25, -0.2) is 4.68 Å². The Morgan fingerprint density at radius 3 is 2.89 bits per heavy atom. The quantitative estimate of drug-likeness (QED) is 0.862. The van der Waals surface area contributed by atoms with Crippen LogP contribution in [0.15, 0.2) is 27.3 Å². The van der Waals surface area contributed by atoms with Crippen molar-refractivity contribution in [3.8, 4) is 5.88 Å². The average molecular weight is 328 g/mol. The van der Waals surface area contributed by atoms with Crippen LogP contribution in [-0.2, 0) is 13.6 Å². The molecular formula is C12H14BrN3O3. The highest BCUT2D eigenvalue weighted by atomic mass is 79.9. The topological polar surface area (TPSA) is 60.5 Å². The fourth-order valence-electron chi connectivity index (χ4n) is 1.73. The van der Waals surface area contributed by atoms with Crippen LogP contribution in [0.3, 0.4) is 0 Å². The van der Waals surface area contributed by atoms with E-state index in [9.17, 15) is 4.79 Å². The van der Waals surface area contributed by atoms with Crippen molar-refractivity contribution in [2.75, 3.05) is 14.2 Å². The summed E-state index contributed by atoms with van der Waals surface area (Å²) in [6.07, 6.45) is 1.58. The van der Waals surface area contributed by atoms with Crippen LogP contribution in [0.1, 0.15) is 16.2 Å². The zero-order chi connectivity index (χ0) is 14.0. The monoisotopic (exact) mass is 327 g/mol. The predicted molar refractivity (Wildman–Crippen MR) is 72.0 cm³/mol. The minimum absolute atomic E-state index is 0.206. The minimum atomic E-state index is -0.206. The molecule has 0 aromatic carbocycles. The van der Waals surface area contributed by atoms with Crippen LogP contribution < -0.4 is 4.74 Å². The maximum atomic E-state index is 12.3. The van der Waals surface area contributed by atoms with Crippen molar-refractivity contribution >= 4 is 21.8 Å². The number of carbonyl (C=O) groups excluding carboxylic acids is 1. The molecule has 0 radical (unpaired) electrons. The number of ether oxygens (including phenoxy) is 1. The van der Waals surface area contributed by atoms with Gasteiger partial charge in [0.1, 0.15) is 10.2 Å². The summed E-state index contributed by atoms with van der Waals surface area (Å²) in [5.74, 6) is 1.02. The lowest BCUT2D eigenvalue weighted by molar-refractivity contribution is 0.0768. The average Bonchev–Trinajstić information content (AvgIpc) is 2.97. The van der Waals surface area contributed by atoms with Gasteiger partial charge in [-0.2, -0.15) is 5.10 Å². The van der Waals surface area contributed by atoms with Gasteiger partial charge in [-0.1, -0.05) is 0 Å². The van der Waals surface area contributed by atoms with E-state index >= 15 is 0 Å². The highest BCUT2D eigenvalue weighted by Gasteiger charge is 2.23. The van der Waals surface area contributed by atoms with Gasteiger partial charge in [0.2, 0.25) is 5.88 Å². The van der Waals surface area contributed by atoms with Crippen LogP contribution >= 0.6 is 15.9 Å². The summed E-state index contributed by atoms with van der Waals surface area (Å²) in [5.41, 5.74) is 0.313. The Balaban J connectivity index is 2.19. The van der Waals surface area contributed by atoms with Crippen molar-refractivity contribution in [3.05, 3.63) is 34.3 Å². The number of methoxy groups -OCH3 is 1. The number of furan rings is 1. The normalized spacial score (nSPS) is 10.5. The molecule has 1 amide bonds. The molecule has 0 aliphatic carbocycles. The van der Waals surface area contributed by atoms with Crippen molar-refractivity contribution in [2.45, 2.75) is 6.54 Å². The summed E-state index contributed by atoms with van der Waals surface area (Å²) < 4.78 is 12.4. The first kappa shape index (κ1) is 13.7. The molecule has 6 nitrogen and oxygen atoms in total. The van der Waals surface area contributed by atoms with Crippen LogP contribution in [0, 0.1) is 0 Å². The molecule has 0 unspecified atom stereocenters. The van der Waals surface area contributed by atoms with Gasteiger partial charge in [-0.3, -0.25) is 4.79 Å². The number of amides is 1. The number of aromatic nitrogens is 2. The van der Waals surface area contributed by atoms with Crippen molar-refractivity contribution in [1.29, 1.82) is 0 Å². The highest BCUT2D eigenvalue weighted by molar-refractivity contribution is 9.10. The van der Waals surface area contributed by atoms with E-state index in [1.807, 2.05) is 6.07 Å². The van der Waals surface area contributed by atoms with Gasteiger partial charge in [0.05, 0.1) is 19.9 Å². The van der Waals surface area contributed by atoms with Crippen molar-refractivity contribution in [2.24, 2.45) is 7.05 Å². The summed E-state index contributed by atoms with van der Waals surface area (Å²) >= 11 is 3.33. The Hall–Kier alpha value is -1.76. The van der Waals surface area contributed by atoms with E-state index in [1.165, 1.54) is 16.7 Å². The number of nitrogens with zero attached hydrogens (tertiary/aromatic N) is 3. The van der Waals surface area contributed by atoms with Gasteiger partial charge in [0.25, 0.3) is 5.91 Å². The third-order valence-corrected chi connectivity index (χ3v) is 3.37. The largest absolute Gasteiger partial charge is 0.480 e. The molecule has 0 fully saturated rings. The highest BCUT2D eigenvalue weighted by Crippen LogP contribution is 2.28. The van der Waals surface area contributed by atoms with Crippen LogP contribution in [0.2, 0.25) is 0 Å². The molecule has 0 N–H and O–H groups in total. The molecular weight excluding hydrogens is 314 g/mol. The molecule has 7 heteroatoms. The first-order valence-corrected chi connectivity index (χ1v) is 6.38. The molecule has 0 spiro atoms. The van der Waals surface area contributed by atoms with Crippen molar-refractivity contribution < 1.29 is 13.9 Å². The van der Waals surface area contributed by atoms with E-state index in [2.05, 4.69) is 21.0 Å². The maximum absolute atomic E-state index is 12.3. The van der Waals surface area contributed by atoms with E-state index < -0.39 is 0 Å². The molecule has 0 saturated carbocycles. The number of rotatable bonds is 4. The van der Waals surface area contributed by atoms with Gasteiger partial charge >= 0.3 is 0 Å². The molecule has 2 rings (SSSR count). The Labute approximate surface area is 119 Å². The van der Waals surface area contributed by atoms with Gasteiger partial charge in [-0.15, -0.1) is 0 Å². The molecule has 0 atom stereocenters. The number of aryl methyl sites for hydroxylation is 1. The van der Waals surface area contributed by atoms with Gasteiger partial charge < -0.3 is 14.1 Å². The first-order valence-electron chi connectivity index (χ1n) is 5.59. The predicted octanol–water partition coefficient (Wildman–Crippen LogP) is 2.06. The van der Waals surface area contributed by atoms with Gasteiger partial charge in [0, 0.05) is 14.1 Å². The molecule has 2 aromatic heterocycles. The third kappa shape index (κ3) is 2.65.